The Kier molecular flexibility index (Phi) is 4.08. The Balaban J connectivity index is 2.32. The molecule has 2 rings (SSSR count). The highest BCUT2D eigenvalue weighted by atomic mass is 19.1. The zero-order valence-electron chi connectivity index (χ0n) is 10.8. The highest BCUT2D eigenvalue weighted by Gasteiger charge is 2.07. The number of halogens is 1. The number of nitrogens with one attached hydrogen (secondary N) is 2. The topological polar surface area (TPSA) is 99.6 Å². The minimum absolute atomic E-state index is 0.229. The quantitative estimate of drug-likeness (QED) is 0.582. The summed E-state index contributed by atoms with van der Waals surface area (Å²) in [4.78, 5) is 8.37. The number of aryl methyl sites for hydroxylation is 1. The van der Waals surface area contributed by atoms with Gasteiger partial charge in [-0.2, -0.15) is 5.26 Å². The van der Waals surface area contributed by atoms with Crippen LogP contribution in [0.3, 0.4) is 0 Å². The van der Waals surface area contributed by atoms with Crippen molar-refractivity contribution in [2.24, 2.45) is 5.84 Å². The number of aromatic nitrogens is 2. The number of hydrogen-bond donors (Lipinski definition) is 3. The van der Waals surface area contributed by atoms with Crippen LogP contribution in [0.2, 0.25) is 0 Å². The average molecular weight is 272 g/mol. The fraction of sp³-hybridized carbons (Fsp3) is 0.154. The van der Waals surface area contributed by atoms with Crippen molar-refractivity contribution in [3.8, 4) is 6.07 Å². The fourth-order valence-corrected chi connectivity index (χ4v) is 1.62. The van der Waals surface area contributed by atoms with Gasteiger partial charge in [-0.15, -0.1) is 0 Å². The van der Waals surface area contributed by atoms with E-state index >= 15 is 0 Å². The molecule has 0 amide bonds. The van der Waals surface area contributed by atoms with Gasteiger partial charge in [-0.25, -0.2) is 20.2 Å². The summed E-state index contributed by atoms with van der Waals surface area (Å²) in [6, 6.07) is 7.61. The maximum absolute atomic E-state index is 13.8. The first-order valence-electron chi connectivity index (χ1n) is 5.97. The molecule has 102 valence electrons. The molecule has 1 aromatic heterocycles. The summed E-state index contributed by atoms with van der Waals surface area (Å²) in [5.41, 5.74) is 2.92. The Morgan fingerprint density at radius 2 is 2.05 bits per heavy atom. The molecule has 0 unspecified atom stereocenters. The lowest BCUT2D eigenvalue weighted by Gasteiger charge is -2.09. The summed E-state index contributed by atoms with van der Waals surface area (Å²) in [5, 5.41) is 11.5. The van der Waals surface area contributed by atoms with E-state index in [9.17, 15) is 4.39 Å². The predicted molar refractivity (Wildman–Crippen MR) is 73.6 cm³/mol. The molecule has 0 aliphatic rings. The van der Waals surface area contributed by atoms with Crippen LogP contribution in [-0.2, 0) is 6.42 Å². The normalized spacial score (nSPS) is 9.90. The van der Waals surface area contributed by atoms with Gasteiger partial charge in [-0.3, -0.25) is 0 Å². The maximum atomic E-state index is 13.8. The van der Waals surface area contributed by atoms with Crippen LogP contribution in [0, 0.1) is 17.1 Å². The Labute approximate surface area is 115 Å². The number of nitrogens with zero attached hydrogens (tertiary/aromatic N) is 3. The van der Waals surface area contributed by atoms with Crippen molar-refractivity contribution in [3.05, 3.63) is 41.5 Å². The summed E-state index contributed by atoms with van der Waals surface area (Å²) in [5.74, 6) is 6.24. The molecular formula is C13H13FN6. The SMILES string of the molecule is CCc1nc(NN)cc(Nc2ccc(C#N)cc2F)n1. The first kappa shape index (κ1) is 13.7. The van der Waals surface area contributed by atoms with Crippen LogP contribution in [0.1, 0.15) is 18.3 Å². The molecule has 0 aliphatic heterocycles. The Morgan fingerprint density at radius 1 is 1.30 bits per heavy atom. The number of hydrogen-bond acceptors (Lipinski definition) is 6. The zero-order chi connectivity index (χ0) is 14.5. The molecule has 1 aromatic carbocycles. The molecule has 20 heavy (non-hydrogen) atoms. The van der Waals surface area contributed by atoms with Gasteiger partial charge in [-0.05, 0) is 18.2 Å². The molecule has 0 atom stereocenters. The third-order valence-corrected chi connectivity index (χ3v) is 2.60. The van der Waals surface area contributed by atoms with Crippen LogP contribution in [0.15, 0.2) is 24.3 Å². The van der Waals surface area contributed by atoms with Crippen LogP contribution >= 0.6 is 0 Å². The summed E-state index contributed by atoms with van der Waals surface area (Å²) >= 11 is 0. The molecule has 0 spiro atoms. The second-order valence-corrected chi connectivity index (χ2v) is 3.98. The monoisotopic (exact) mass is 272 g/mol. The molecule has 0 saturated heterocycles. The van der Waals surface area contributed by atoms with E-state index in [-0.39, 0.29) is 11.3 Å². The highest BCUT2D eigenvalue weighted by molar-refractivity contribution is 5.60. The Morgan fingerprint density at radius 3 is 2.65 bits per heavy atom. The third kappa shape index (κ3) is 2.99. The van der Waals surface area contributed by atoms with E-state index in [1.165, 1.54) is 12.1 Å². The van der Waals surface area contributed by atoms with Crippen molar-refractivity contribution in [2.45, 2.75) is 13.3 Å². The largest absolute Gasteiger partial charge is 0.338 e. The highest BCUT2D eigenvalue weighted by Crippen LogP contribution is 2.21. The predicted octanol–water partition coefficient (Wildman–Crippen LogP) is 2.08. The number of hydrazine groups is 1. The van der Waals surface area contributed by atoms with Crippen molar-refractivity contribution >= 4 is 17.3 Å². The van der Waals surface area contributed by atoms with E-state index in [2.05, 4.69) is 20.7 Å². The van der Waals surface area contributed by atoms with Gasteiger partial charge in [-0.1, -0.05) is 6.92 Å². The minimum atomic E-state index is -0.525. The van der Waals surface area contributed by atoms with E-state index < -0.39 is 5.82 Å². The second-order valence-electron chi connectivity index (χ2n) is 3.98. The van der Waals surface area contributed by atoms with Crippen LogP contribution in [0.25, 0.3) is 0 Å². The number of benzene rings is 1. The average Bonchev–Trinajstić information content (AvgIpc) is 2.48. The summed E-state index contributed by atoms with van der Waals surface area (Å²) in [7, 11) is 0. The zero-order valence-corrected chi connectivity index (χ0v) is 10.8. The molecule has 0 radical (unpaired) electrons. The van der Waals surface area contributed by atoms with Crippen molar-refractivity contribution < 1.29 is 4.39 Å². The molecule has 4 N–H and O–H groups in total. The van der Waals surface area contributed by atoms with Gasteiger partial charge in [0, 0.05) is 12.5 Å². The number of nitrogen functional groups attached to an aromatic ring is 1. The molecule has 0 fully saturated rings. The first-order valence-corrected chi connectivity index (χ1v) is 5.97. The van der Waals surface area contributed by atoms with Gasteiger partial charge >= 0.3 is 0 Å². The van der Waals surface area contributed by atoms with Gasteiger partial charge in [0.1, 0.15) is 23.3 Å². The fourth-order valence-electron chi connectivity index (χ4n) is 1.62. The summed E-state index contributed by atoms with van der Waals surface area (Å²) < 4.78 is 13.8. The number of rotatable bonds is 4. The van der Waals surface area contributed by atoms with Crippen LogP contribution in [0.5, 0.6) is 0 Å². The minimum Gasteiger partial charge on any atom is -0.338 e. The van der Waals surface area contributed by atoms with Crippen molar-refractivity contribution in [2.75, 3.05) is 10.7 Å². The van der Waals surface area contributed by atoms with E-state index in [1.54, 1.807) is 6.07 Å². The lowest BCUT2D eigenvalue weighted by Crippen LogP contribution is -2.11. The molecule has 1 heterocycles. The molecule has 0 saturated carbocycles. The van der Waals surface area contributed by atoms with E-state index in [4.69, 9.17) is 11.1 Å². The first-order chi connectivity index (χ1) is 9.66. The molecular weight excluding hydrogens is 259 g/mol. The van der Waals surface area contributed by atoms with Gasteiger partial charge in [0.15, 0.2) is 0 Å². The standard InChI is InChI=1S/C13H13FN6/c1-2-11-18-12(6-13(19-11)20-16)17-10-4-3-8(7-15)5-9(10)14/h3-6H,2,16H2,1H3,(H2,17,18,19,20). The number of nitrogens with two attached hydrogens (primary N) is 1. The van der Waals surface area contributed by atoms with E-state index in [0.717, 1.165) is 6.07 Å². The Hall–Kier alpha value is -2.72. The number of anilines is 3. The lowest BCUT2D eigenvalue weighted by molar-refractivity contribution is 0.631. The molecule has 6 nitrogen and oxygen atoms in total. The van der Waals surface area contributed by atoms with Gasteiger partial charge < -0.3 is 10.7 Å². The summed E-state index contributed by atoms with van der Waals surface area (Å²) in [6.45, 7) is 1.90. The van der Waals surface area contributed by atoms with E-state index in [0.29, 0.717) is 23.9 Å². The molecule has 0 bridgehead atoms. The molecule has 7 heteroatoms. The van der Waals surface area contributed by atoms with Crippen LogP contribution in [0.4, 0.5) is 21.7 Å². The van der Waals surface area contributed by atoms with Gasteiger partial charge in [0.05, 0.1) is 17.3 Å². The second kappa shape index (κ2) is 5.95. The molecule has 2 aromatic rings. The van der Waals surface area contributed by atoms with Gasteiger partial charge in [0.2, 0.25) is 0 Å². The van der Waals surface area contributed by atoms with Gasteiger partial charge in [0.25, 0.3) is 0 Å². The maximum Gasteiger partial charge on any atom is 0.147 e. The van der Waals surface area contributed by atoms with Crippen molar-refractivity contribution in [1.29, 1.82) is 5.26 Å². The van der Waals surface area contributed by atoms with Crippen LogP contribution < -0.4 is 16.6 Å². The number of nitriles is 1. The van der Waals surface area contributed by atoms with Crippen LogP contribution in [-0.4, -0.2) is 9.97 Å². The smallest absolute Gasteiger partial charge is 0.147 e. The lowest BCUT2D eigenvalue weighted by atomic mass is 10.2. The van der Waals surface area contributed by atoms with Crippen molar-refractivity contribution in [3.63, 3.8) is 0 Å². The van der Waals surface area contributed by atoms with E-state index in [1.807, 2.05) is 13.0 Å². The molecule has 0 aliphatic carbocycles. The third-order valence-electron chi connectivity index (χ3n) is 2.60. The van der Waals surface area contributed by atoms with Crippen molar-refractivity contribution in [1.82, 2.24) is 9.97 Å². The summed E-state index contributed by atoms with van der Waals surface area (Å²) in [6.07, 6.45) is 0.625. The Bertz CT molecular complexity index is 642.